The van der Waals surface area contributed by atoms with E-state index < -0.39 is 12.3 Å². The third kappa shape index (κ3) is 2.14. The molecule has 0 amide bonds. The molecule has 2 aliphatic heterocycles. The topological polar surface area (TPSA) is 69.2 Å². The van der Waals surface area contributed by atoms with E-state index in [9.17, 15) is 4.39 Å². The van der Waals surface area contributed by atoms with Gasteiger partial charge in [-0.05, 0) is 18.6 Å². The van der Waals surface area contributed by atoms with Crippen LogP contribution in [-0.2, 0) is 0 Å². The second-order valence-corrected chi connectivity index (χ2v) is 5.77. The first-order chi connectivity index (χ1) is 11.2. The molecule has 1 saturated heterocycles. The molecule has 0 bridgehead atoms. The van der Waals surface area contributed by atoms with E-state index in [1.165, 1.54) is 0 Å². The summed E-state index contributed by atoms with van der Waals surface area (Å²) in [6.07, 6.45) is -1.11. The molecule has 1 N–H and O–H groups in total. The molecule has 3 heterocycles. The van der Waals surface area contributed by atoms with E-state index in [-0.39, 0.29) is 6.04 Å². The first kappa shape index (κ1) is 13.8. The number of halogens is 1. The van der Waals surface area contributed by atoms with Crippen LogP contribution < -0.4 is 5.32 Å². The minimum atomic E-state index is -1.02. The summed E-state index contributed by atoms with van der Waals surface area (Å²) in [6, 6.07) is 13.4. The Morgan fingerprint density at radius 2 is 2.13 bits per heavy atom. The highest BCUT2D eigenvalue weighted by molar-refractivity contribution is 5.83. The molecule has 1 aromatic carbocycles. The summed E-state index contributed by atoms with van der Waals surface area (Å²) in [5, 5.41) is 22.5. The van der Waals surface area contributed by atoms with E-state index in [0.29, 0.717) is 18.1 Å². The summed E-state index contributed by atoms with van der Waals surface area (Å²) < 4.78 is 16.0. The number of aromatic nitrogens is 2. The summed E-state index contributed by atoms with van der Waals surface area (Å²) in [5.41, 5.74) is 2.13. The van der Waals surface area contributed by atoms with Crippen molar-refractivity contribution in [1.82, 2.24) is 20.1 Å². The molecule has 0 aliphatic carbocycles. The van der Waals surface area contributed by atoms with Gasteiger partial charge in [0.15, 0.2) is 11.9 Å². The second-order valence-electron chi connectivity index (χ2n) is 5.77. The fourth-order valence-electron chi connectivity index (χ4n) is 3.18. The molecule has 2 aliphatic rings. The molecule has 0 radical (unpaired) electrons. The van der Waals surface area contributed by atoms with Gasteiger partial charge in [0.1, 0.15) is 12.2 Å². The Balaban J connectivity index is 1.69. The van der Waals surface area contributed by atoms with E-state index in [2.05, 4.69) is 15.5 Å². The molecule has 1 unspecified atom stereocenters. The molecule has 116 valence electrons. The van der Waals surface area contributed by atoms with Crippen molar-refractivity contribution < 1.29 is 4.39 Å². The van der Waals surface area contributed by atoms with Crippen LogP contribution in [0.1, 0.15) is 29.4 Å². The van der Waals surface area contributed by atoms with Crippen molar-refractivity contribution >= 4 is 5.96 Å². The number of alkyl halides is 1. The minimum Gasteiger partial charge on any atom is -0.329 e. The number of hydrogen-bond donors (Lipinski definition) is 1. The SMILES string of the molecule is Cc1cc(C#N)nn1C1=NN2C(N1)[C@@H](F)C[C@H]2c1ccccc1. The third-order valence-corrected chi connectivity index (χ3v) is 4.27. The summed E-state index contributed by atoms with van der Waals surface area (Å²) >= 11 is 0. The fraction of sp³-hybridized carbons (Fsp3) is 0.312. The van der Waals surface area contributed by atoms with E-state index in [1.54, 1.807) is 15.8 Å². The maximum atomic E-state index is 14.4. The molecule has 1 fully saturated rings. The van der Waals surface area contributed by atoms with Crippen LogP contribution in [0.5, 0.6) is 0 Å². The number of hydrazone groups is 1. The quantitative estimate of drug-likeness (QED) is 0.873. The normalized spacial score (nSPS) is 25.7. The Kier molecular flexibility index (Phi) is 3.05. The number of aryl methyl sites for hydroxylation is 1. The number of nitrogens with zero attached hydrogens (tertiary/aromatic N) is 5. The van der Waals surface area contributed by atoms with Crippen molar-refractivity contribution in [2.45, 2.75) is 31.7 Å². The van der Waals surface area contributed by atoms with Gasteiger partial charge < -0.3 is 5.32 Å². The van der Waals surface area contributed by atoms with E-state index in [1.807, 2.05) is 43.3 Å². The van der Waals surface area contributed by atoms with Crippen molar-refractivity contribution in [3.05, 3.63) is 53.3 Å². The lowest BCUT2D eigenvalue weighted by molar-refractivity contribution is 0.180. The molecular formula is C16H15FN6. The highest BCUT2D eigenvalue weighted by atomic mass is 19.1. The number of nitriles is 1. The van der Waals surface area contributed by atoms with Crippen LogP contribution in [-0.4, -0.2) is 33.1 Å². The largest absolute Gasteiger partial charge is 0.329 e. The van der Waals surface area contributed by atoms with Crippen molar-refractivity contribution in [1.29, 1.82) is 5.26 Å². The Morgan fingerprint density at radius 3 is 2.83 bits per heavy atom. The Morgan fingerprint density at radius 1 is 1.35 bits per heavy atom. The van der Waals surface area contributed by atoms with Crippen LogP contribution in [0.2, 0.25) is 0 Å². The van der Waals surface area contributed by atoms with Gasteiger partial charge in [0.2, 0.25) is 5.96 Å². The van der Waals surface area contributed by atoms with Crippen LogP contribution >= 0.6 is 0 Å². The molecule has 1 aromatic heterocycles. The summed E-state index contributed by atoms with van der Waals surface area (Å²) in [4.78, 5) is 0. The molecule has 0 spiro atoms. The van der Waals surface area contributed by atoms with Gasteiger partial charge >= 0.3 is 0 Å². The summed E-state index contributed by atoms with van der Waals surface area (Å²) in [6.45, 7) is 1.84. The van der Waals surface area contributed by atoms with Crippen LogP contribution in [0.4, 0.5) is 4.39 Å². The van der Waals surface area contributed by atoms with Gasteiger partial charge in [0, 0.05) is 12.1 Å². The van der Waals surface area contributed by atoms with Gasteiger partial charge in [-0.25, -0.2) is 9.07 Å². The molecular weight excluding hydrogens is 295 g/mol. The molecule has 2 aromatic rings. The Hall–Kier alpha value is -2.88. The van der Waals surface area contributed by atoms with Gasteiger partial charge in [-0.1, -0.05) is 30.3 Å². The van der Waals surface area contributed by atoms with Crippen LogP contribution in [0.25, 0.3) is 0 Å². The first-order valence-corrected chi connectivity index (χ1v) is 7.47. The Labute approximate surface area is 132 Å². The van der Waals surface area contributed by atoms with Crippen LogP contribution in [0, 0.1) is 18.3 Å². The number of hydrogen-bond acceptors (Lipinski definition) is 5. The van der Waals surface area contributed by atoms with Crippen LogP contribution in [0.15, 0.2) is 41.5 Å². The smallest absolute Gasteiger partial charge is 0.243 e. The van der Waals surface area contributed by atoms with E-state index >= 15 is 0 Å². The predicted octanol–water partition coefficient (Wildman–Crippen LogP) is 1.90. The maximum Gasteiger partial charge on any atom is 0.243 e. The zero-order valence-electron chi connectivity index (χ0n) is 12.5. The van der Waals surface area contributed by atoms with Gasteiger partial charge in [0.25, 0.3) is 0 Å². The van der Waals surface area contributed by atoms with Crippen molar-refractivity contribution in [3.63, 3.8) is 0 Å². The lowest BCUT2D eigenvalue weighted by Gasteiger charge is -2.21. The monoisotopic (exact) mass is 310 g/mol. The molecule has 0 saturated carbocycles. The average Bonchev–Trinajstić information content (AvgIpc) is 3.23. The highest BCUT2D eigenvalue weighted by Gasteiger charge is 2.46. The van der Waals surface area contributed by atoms with Crippen molar-refractivity contribution in [2.24, 2.45) is 5.10 Å². The maximum absolute atomic E-state index is 14.4. The fourth-order valence-corrected chi connectivity index (χ4v) is 3.18. The molecule has 3 atom stereocenters. The highest BCUT2D eigenvalue weighted by Crippen LogP contribution is 2.39. The molecule has 7 heteroatoms. The first-order valence-electron chi connectivity index (χ1n) is 7.47. The number of benzene rings is 1. The van der Waals surface area contributed by atoms with Crippen molar-refractivity contribution in [3.8, 4) is 6.07 Å². The third-order valence-electron chi connectivity index (χ3n) is 4.27. The predicted molar refractivity (Wildman–Crippen MR) is 82.0 cm³/mol. The van der Waals surface area contributed by atoms with Gasteiger partial charge in [-0.3, -0.25) is 5.01 Å². The standard InChI is InChI=1S/C16H15FN6/c1-10-7-12(9-18)20-22(10)16-19-15-13(17)8-14(23(15)21-16)11-5-3-2-4-6-11/h2-7,13-15H,8H2,1H3,(H,19,21)/t13-,14-,15?/m0/s1. The lowest BCUT2D eigenvalue weighted by atomic mass is 10.1. The number of nitrogens with one attached hydrogen (secondary N) is 1. The zero-order valence-corrected chi connectivity index (χ0v) is 12.5. The summed E-state index contributed by atoms with van der Waals surface area (Å²) in [7, 11) is 0. The van der Waals surface area contributed by atoms with Gasteiger partial charge in [0.05, 0.1) is 6.04 Å². The Bertz CT molecular complexity index is 806. The molecule has 4 rings (SSSR count). The number of fused-ring (bicyclic) bond motifs is 1. The summed E-state index contributed by atoms with van der Waals surface area (Å²) in [5.74, 6) is 0.456. The van der Waals surface area contributed by atoms with Gasteiger partial charge in [-0.2, -0.15) is 10.4 Å². The van der Waals surface area contributed by atoms with Crippen LogP contribution in [0.3, 0.4) is 0 Å². The molecule has 23 heavy (non-hydrogen) atoms. The zero-order chi connectivity index (χ0) is 16.0. The average molecular weight is 310 g/mol. The van der Waals surface area contributed by atoms with Gasteiger partial charge in [-0.15, -0.1) is 5.10 Å². The minimum absolute atomic E-state index is 0.104. The second kappa shape index (κ2) is 5.09. The molecule has 6 nitrogen and oxygen atoms in total. The number of rotatable bonds is 1. The van der Waals surface area contributed by atoms with E-state index in [4.69, 9.17) is 5.26 Å². The van der Waals surface area contributed by atoms with Crippen molar-refractivity contribution in [2.75, 3.05) is 0 Å². The van der Waals surface area contributed by atoms with E-state index in [0.717, 1.165) is 11.3 Å². The lowest BCUT2D eigenvalue weighted by Crippen LogP contribution is -2.41.